The first kappa shape index (κ1) is 15.4. The van der Waals surface area contributed by atoms with Crippen molar-refractivity contribution in [3.05, 3.63) is 58.6 Å². The Labute approximate surface area is 132 Å². The first-order chi connectivity index (χ1) is 9.78. The van der Waals surface area contributed by atoms with Crippen LogP contribution in [0.1, 0.15) is 12.0 Å². The van der Waals surface area contributed by atoms with Gasteiger partial charge in [-0.3, -0.25) is 0 Å². The zero-order chi connectivity index (χ0) is 14.2. The minimum atomic E-state index is 0.574. The molecule has 2 N–H and O–H groups in total. The zero-order valence-electron chi connectivity index (χ0n) is 11.2. The molecule has 2 nitrogen and oxygen atoms in total. The van der Waals surface area contributed by atoms with Gasteiger partial charge in [-0.15, -0.1) is 11.8 Å². The molecular formula is C16H18BrNOS. The van der Waals surface area contributed by atoms with Crippen LogP contribution in [0.15, 0.2) is 57.9 Å². The second-order valence-electron chi connectivity index (χ2n) is 4.35. The van der Waals surface area contributed by atoms with Crippen molar-refractivity contribution in [2.45, 2.75) is 17.9 Å². The molecule has 2 aromatic rings. The van der Waals surface area contributed by atoms with Crippen molar-refractivity contribution >= 4 is 27.7 Å². The predicted molar refractivity (Wildman–Crippen MR) is 89.3 cm³/mol. The first-order valence-corrected chi connectivity index (χ1v) is 8.36. The SMILES string of the molecule is NCc1ccc(OCCCSc2ccc(Br)cc2)cc1. The van der Waals surface area contributed by atoms with E-state index in [0.717, 1.165) is 34.6 Å². The van der Waals surface area contributed by atoms with E-state index in [1.54, 1.807) is 0 Å². The van der Waals surface area contributed by atoms with Gasteiger partial charge in [-0.1, -0.05) is 28.1 Å². The van der Waals surface area contributed by atoms with Crippen molar-refractivity contribution in [3.8, 4) is 5.75 Å². The molecule has 0 saturated heterocycles. The molecule has 2 rings (SSSR count). The molecule has 4 heteroatoms. The van der Waals surface area contributed by atoms with E-state index in [9.17, 15) is 0 Å². The summed E-state index contributed by atoms with van der Waals surface area (Å²) >= 11 is 5.29. The third-order valence-electron chi connectivity index (χ3n) is 2.80. The fourth-order valence-corrected chi connectivity index (χ4v) is 2.78. The van der Waals surface area contributed by atoms with E-state index in [0.29, 0.717) is 6.54 Å². The molecule has 20 heavy (non-hydrogen) atoms. The molecule has 0 amide bonds. The summed E-state index contributed by atoms with van der Waals surface area (Å²) in [6.07, 6.45) is 1.03. The van der Waals surface area contributed by atoms with Crippen LogP contribution in [0.3, 0.4) is 0 Å². The van der Waals surface area contributed by atoms with Crippen molar-refractivity contribution in [1.82, 2.24) is 0 Å². The van der Waals surface area contributed by atoms with Crippen LogP contribution in [0.25, 0.3) is 0 Å². The van der Waals surface area contributed by atoms with E-state index in [1.807, 2.05) is 36.0 Å². The van der Waals surface area contributed by atoms with Crippen LogP contribution in [0.5, 0.6) is 5.75 Å². The van der Waals surface area contributed by atoms with Gasteiger partial charge in [0.25, 0.3) is 0 Å². The van der Waals surface area contributed by atoms with Crippen LogP contribution in [0.4, 0.5) is 0 Å². The van der Waals surface area contributed by atoms with Gasteiger partial charge in [-0.2, -0.15) is 0 Å². The van der Waals surface area contributed by atoms with Crippen LogP contribution in [0.2, 0.25) is 0 Å². The zero-order valence-corrected chi connectivity index (χ0v) is 13.6. The lowest BCUT2D eigenvalue weighted by Crippen LogP contribution is -2.00. The van der Waals surface area contributed by atoms with Gasteiger partial charge in [-0.05, 0) is 48.4 Å². The summed E-state index contributed by atoms with van der Waals surface area (Å²) in [5.41, 5.74) is 6.69. The second-order valence-corrected chi connectivity index (χ2v) is 6.44. The lowest BCUT2D eigenvalue weighted by Gasteiger charge is -2.07. The monoisotopic (exact) mass is 351 g/mol. The van der Waals surface area contributed by atoms with Crippen molar-refractivity contribution in [2.75, 3.05) is 12.4 Å². The molecule has 0 heterocycles. The maximum atomic E-state index is 5.70. The Balaban J connectivity index is 1.64. The normalized spacial score (nSPS) is 10.5. The molecular weight excluding hydrogens is 334 g/mol. The van der Waals surface area contributed by atoms with Crippen molar-refractivity contribution in [3.63, 3.8) is 0 Å². The number of thioether (sulfide) groups is 1. The maximum Gasteiger partial charge on any atom is 0.119 e. The molecule has 0 unspecified atom stereocenters. The summed E-state index contributed by atoms with van der Waals surface area (Å²) in [7, 11) is 0. The van der Waals surface area contributed by atoms with E-state index in [1.165, 1.54) is 4.90 Å². The number of hydrogen-bond donors (Lipinski definition) is 1. The standard InChI is InChI=1S/C16H18BrNOS/c17-14-4-8-16(9-5-14)20-11-1-10-19-15-6-2-13(12-18)3-7-15/h2-9H,1,10-12,18H2. The highest BCUT2D eigenvalue weighted by molar-refractivity contribution is 9.10. The largest absolute Gasteiger partial charge is 0.494 e. The summed E-state index contributed by atoms with van der Waals surface area (Å²) in [5.74, 6) is 1.97. The van der Waals surface area contributed by atoms with E-state index >= 15 is 0 Å². The number of nitrogens with two attached hydrogens (primary N) is 1. The number of rotatable bonds is 7. The Morgan fingerprint density at radius 2 is 1.70 bits per heavy atom. The van der Waals surface area contributed by atoms with E-state index in [4.69, 9.17) is 10.5 Å². The van der Waals surface area contributed by atoms with Crippen LogP contribution in [-0.4, -0.2) is 12.4 Å². The quantitative estimate of drug-likeness (QED) is 0.590. The summed E-state index contributed by atoms with van der Waals surface area (Å²) in [6, 6.07) is 16.4. The number of ether oxygens (including phenoxy) is 1. The van der Waals surface area contributed by atoms with Gasteiger partial charge in [0.05, 0.1) is 6.61 Å². The van der Waals surface area contributed by atoms with Gasteiger partial charge >= 0.3 is 0 Å². The highest BCUT2D eigenvalue weighted by atomic mass is 79.9. The molecule has 0 aromatic heterocycles. The van der Waals surface area contributed by atoms with Gasteiger partial charge < -0.3 is 10.5 Å². The molecule has 0 fully saturated rings. The molecule has 0 aliphatic heterocycles. The van der Waals surface area contributed by atoms with Crippen LogP contribution < -0.4 is 10.5 Å². The minimum Gasteiger partial charge on any atom is -0.494 e. The van der Waals surface area contributed by atoms with Gasteiger partial charge in [0.15, 0.2) is 0 Å². The number of halogens is 1. The van der Waals surface area contributed by atoms with E-state index in [-0.39, 0.29) is 0 Å². The fraction of sp³-hybridized carbons (Fsp3) is 0.250. The molecule has 0 radical (unpaired) electrons. The number of hydrogen-bond acceptors (Lipinski definition) is 3. The molecule has 0 spiro atoms. The van der Waals surface area contributed by atoms with Gasteiger partial charge in [-0.25, -0.2) is 0 Å². The highest BCUT2D eigenvalue weighted by Crippen LogP contribution is 2.21. The van der Waals surface area contributed by atoms with Gasteiger partial charge in [0, 0.05) is 21.7 Å². The molecule has 0 saturated carbocycles. The average Bonchev–Trinajstić information content (AvgIpc) is 2.49. The van der Waals surface area contributed by atoms with Crippen molar-refractivity contribution < 1.29 is 4.74 Å². The van der Waals surface area contributed by atoms with Gasteiger partial charge in [0.2, 0.25) is 0 Å². The average molecular weight is 352 g/mol. The Kier molecular flexibility index (Phi) is 6.43. The Morgan fingerprint density at radius 1 is 1.00 bits per heavy atom. The molecule has 106 valence electrons. The smallest absolute Gasteiger partial charge is 0.119 e. The molecule has 0 atom stereocenters. The lowest BCUT2D eigenvalue weighted by atomic mass is 10.2. The summed E-state index contributed by atoms with van der Waals surface area (Å²) < 4.78 is 6.82. The summed E-state index contributed by atoms with van der Waals surface area (Å²) in [4.78, 5) is 1.29. The lowest BCUT2D eigenvalue weighted by molar-refractivity contribution is 0.318. The Hall–Kier alpha value is -0.970. The maximum absolute atomic E-state index is 5.70. The van der Waals surface area contributed by atoms with Crippen LogP contribution >= 0.6 is 27.7 Å². The van der Waals surface area contributed by atoms with Gasteiger partial charge in [0.1, 0.15) is 5.75 Å². The summed E-state index contributed by atoms with van der Waals surface area (Å²) in [5, 5.41) is 0. The van der Waals surface area contributed by atoms with E-state index in [2.05, 4.69) is 40.2 Å². The molecule has 0 aliphatic rings. The highest BCUT2D eigenvalue weighted by Gasteiger charge is 1.97. The second kappa shape index (κ2) is 8.35. The van der Waals surface area contributed by atoms with Crippen molar-refractivity contribution in [1.29, 1.82) is 0 Å². The van der Waals surface area contributed by atoms with Crippen molar-refractivity contribution in [2.24, 2.45) is 5.73 Å². The fourth-order valence-electron chi connectivity index (χ4n) is 1.69. The third-order valence-corrected chi connectivity index (χ3v) is 4.43. The van der Waals surface area contributed by atoms with Crippen LogP contribution in [0, 0.1) is 0 Å². The predicted octanol–water partition coefficient (Wildman–Crippen LogP) is 4.47. The Morgan fingerprint density at radius 3 is 2.35 bits per heavy atom. The van der Waals surface area contributed by atoms with E-state index < -0.39 is 0 Å². The number of benzene rings is 2. The minimum absolute atomic E-state index is 0.574. The molecule has 0 aliphatic carbocycles. The first-order valence-electron chi connectivity index (χ1n) is 6.58. The summed E-state index contributed by atoms with van der Waals surface area (Å²) in [6.45, 7) is 1.32. The molecule has 2 aromatic carbocycles. The third kappa shape index (κ3) is 5.19. The topological polar surface area (TPSA) is 35.2 Å². The van der Waals surface area contributed by atoms with Crippen LogP contribution in [-0.2, 0) is 6.54 Å². The Bertz CT molecular complexity index is 513. The molecule has 0 bridgehead atoms.